The molecule has 0 aliphatic carbocycles. The van der Waals surface area contributed by atoms with Crippen LogP contribution in [0.2, 0.25) is 0 Å². The lowest BCUT2D eigenvalue weighted by molar-refractivity contribution is 0.333. The molecule has 0 aromatic heterocycles. The molecule has 0 saturated carbocycles. The molecule has 3 nitrogen and oxygen atoms in total. The van der Waals surface area contributed by atoms with E-state index in [1.54, 1.807) is 0 Å². The number of rotatable bonds is 0. The van der Waals surface area contributed by atoms with Crippen LogP contribution in [0.3, 0.4) is 0 Å². The topological polar surface area (TPSA) is 39.1 Å². The summed E-state index contributed by atoms with van der Waals surface area (Å²) in [4.78, 5) is 2.04. The van der Waals surface area contributed by atoms with Crippen LogP contribution in [0.15, 0.2) is 11.4 Å². The molecule has 1 aliphatic rings. The Morgan fingerprint density at radius 3 is 2.50 bits per heavy atom. The Kier molecular flexibility index (Phi) is 1.54. The molecule has 3 heteroatoms. The van der Waals surface area contributed by atoms with Crippen LogP contribution < -0.4 is 5.32 Å². The van der Waals surface area contributed by atoms with Crippen LogP contribution in [-0.4, -0.2) is 18.1 Å². The van der Waals surface area contributed by atoms with Gasteiger partial charge in [-0.15, -0.1) is 0 Å². The van der Waals surface area contributed by atoms with E-state index in [2.05, 4.69) is 11.4 Å². The largest absolute Gasteiger partial charge is 0.356 e. The van der Waals surface area contributed by atoms with Gasteiger partial charge in [-0.2, -0.15) is 5.26 Å². The first-order chi connectivity index (χ1) is 4.66. The first-order valence-electron chi connectivity index (χ1n) is 3.27. The molecule has 1 N–H and O–H groups in total. The molecule has 0 aromatic carbocycles. The lowest BCUT2D eigenvalue weighted by atomic mass is 10.4. The summed E-state index contributed by atoms with van der Waals surface area (Å²) in [5.41, 5.74) is 1.71. The van der Waals surface area contributed by atoms with Crippen molar-refractivity contribution in [1.29, 1.82) is 5.26 Å². The van der Waals surface area contributed by atoms with Gasteiger partial charge >= 0.3 is 0 Å². The highest BCUT2D eigenvalue weighted by atomic mass is 15.3. The molecule has 0 amide bonds. The molecule has 0 spiro atoms. The van der Waals surface area contributed by atoms with Crippen LogP contribution in [0.5, 0.6) is 0 Å². The first-order valence-corrected chi connectivity index (χ1v) is 3.27. The molecule has 10 heavy (non-hydrogen) atoms. The van der Waals surface area contributed by atoms with Crippen molar-refractivity contribution in [3.8, 4) is 6.07 Å². The van der Waals surface area contributed by atoms with Crippen molar-refractivity contribution in [2.45, 2.75) is 20.0 Å². The second-order valence-electron chi connectivity index (χ2n) is 2.50. The minimum atomic E-state index is 0.259. The Labute approximate surface area is 60.9 Å². The molecule has 0 aromatic rings. The molecular weight excluding hydrogens is 126 g/mol. The maximum Gasteiger partial charge on any atom is 0.134 e. The van der Waals surface area contributed by atoms with Crippen molar-refractivity contribution in [3.05, 3.63) is 11.4 Å². The van der Waals surface area contributed by atoms with Gasteiger partial charge in [0.1, 0.15) is 11.8 Å². The number of hydrogen-bond acceptors (Lipinski definition) is 3. The van der Waals surface area contributed by atoms with E-state index in [1.807, 2.05) is 25.8 Å². The summed E-state index contributed by atoms with van der Waals surface area (Å²) in [7, 11) is 1.97. The quantitative estimate of drug-likeness (QED) is 0.532. The van der Waals surface area contributed by atoms with Gasteiger partial charge in [-0.3, -0.25) is 0 Å². The van der Waals surface area contributed by atoms with Crippen LogP contribution in [-0.2, 0) is 0 Å². The highest BCUT2D eigenvalue weighted by Crippen LogP contribution is 2.15. The Hall–Kier alpha value is -1.17. The van der Waals surface area contributed by atoms with Gasteiger partial charge in [0.2, 0.25) is 0 Å². The van der Waals surface area contributed by atoms with E-state index < -0.39 is 0 Å². The number of hydrogen-bond donors (Lipinski definition) is 1. The van der Waals surface area contributed by atoms with Crippen LogP contribution in [0.4, 0.5) is 0 Å². The monoisotopic (exact) mass is 137 g/mol. The molecule has 1 aliphatic heterocycles. The van der Waals surface area contributed by atoms with E-state index >= 15 is 0 Å². The van der Waals surface area contributed by atoms with E-state index in [0.717, 1.165) is 5.70 Å². The average Bonchev–Trinajstić information content (AvgIpc) is 2.17. The normalized spacial score (nSPS) is 24.6. The van der Waals surface area contributed by atoms with Gasteiger partial charge in [-0.1, -0.05) is 0 Å². The molecular formula is C7H11N3. The van der Waals surface area contributed by atoms with E-state index in [-0.39, 0.29) is 6.17 Å². The van der Waals surface area contributed by atoms with Gasteiger partial charge in [0.25, 0.3) is 0 Å². The SMILES string of the molecule is CC1=C(C#N)NC(C)N1C. The number of nitriles is 1. The Morgan fingerprint density at radius 1 is 1.70 bits per heavy atom. The predicted molar refractivity (Wildman–Crippen MR) is 38.7 cm³/mol. The fraction of sp³-hybridized carbons (Fsp3) is 0.571. The van der Waals surface area contributed by atoms with Crippen molar-refractivity contribution < 1.29 is 0 Å². The standard InChI is InChI=1S/C7H11N3/c1-5-7(4-8)9-6(2)10(5)3/h6,9H,1-3H3. The highest BCUT2D eigenvalue weighted by Gasteiger charge is 2.20. The van der Waals surface area contributed by atoms with Gasteiger partial charge < -0.3 is 10.2 Å². The van der Waals surface area contributed by atoms with Crippen molar-refractivity contribution in [3.63, 3.8) is 0 Å². The summed E-state index contributed by atoms with van der Waals surface area (Å²) in [5, 5.41) is 11.6. The zero-order chi connectivity index (χ0) is 7.72. The van der Waals surface area contributed by atoms with Crippen molar-refractivity contribution >= 4 is 0 Å². The van der Waals surface area contributed by atoms with Crippen molar-refractivity contribution in [2.24, 2.45) is 0 Å². The summed E-state index contributed by atoms with van der Waals surface area (Å²) in [6, 6.07) is 2.10. The van der Waals surface area contributed by atoms with Crippen LogP contribution in [0.1, 0.15) is 13.8 Å². The number of nitrogens with one attached hydrogen (secondary N) is 1. The minimum absolute atomic E-state index is 0.259. The van der Waals surface area contributed by atoms with E-state index in [9.17, 15) is 0 Å². The molecule has 54 valence electrons. The molecule has 1 atom stereocenters. The smallest absolute Gasteiger partial charge is 0.134 e. The fourth-order valence-electron chi connectivity index (χ4n) is 0.990. The molecule has 0 bridgehead atoms. The third kappa shape index (κ3) is 0.820. The summed E-state index contributed by atoms with van der Waals surface area (Å²) in [5.74, 6) is 0. The van der Waals surface area contributed by atoms with Crippen molar-refractivity contribution in [2.75, 3.05) is 7.05 Å². The Balaban J connectivity index is 2.86. The minimum Gasteiger partial charge on any atom is -0.356 e. The molecule has 0 radical (unpaired) electrons. The average molecular weight is 137 g/mol. The fourth-order valence-corrected chi connectivity index (χ4v) is 0.990. The Morgan fingerprint density at radius 2 is 2.30 bits per heavy atom. The van der Waals surface area contributed by atoms with Gasteiger partial charge in [0, 0.05) is 12.7 Å². The molecule has 0 fully saturated rings. The highest BCUT2D eigenvalue weighted by molar-refractivity contribution is 5.28. The van der Waals surface area contributed by atoms with Crippen LogP contribution in [0.25, 0.3) is 0 Å². The van der Waals surface area contributed by atoms with Crippen molar-refractivity contribution in [1.82, 2.24) is 10.2 Å². The predicted octanol–water partition coefficient (Wildman–Crippen LogP) is 0.622. The van der Waals surface area contributed by atoms with Gasteiger partial charge in [0.15, 0.2) is 0 Å². The van der Waals surface area contributed by atoms with E-state index in [4.69, 9.17) is 5.26 Å². The Bertz CT molecular complexity index is 211. The lowest BCUT2D eigenvalue weighted by Crippen LogP contribution is -2.30. The third-order valence-electron chi connectivity index (χ3n) is 1.94. The molecule has 1 unspecified atom stereocenters. The zero-order valence-corrected chi connectivity index (χ0v) is 6.47. The van der Waals surface area contributed by atoms with E-state index in [1.165, 1.54) is 0 Å². The van der Waals surface area contributed by atoms with Gasteiger partial charge in [-0.05, 0) is 13.8 Å². The summed E-state index contributed by atoms with van der Waals surface area (Å²) in [6.45, 7) is 3.96. The lowest BCUT2D eigenvalue weighted by Gasteiger charge is -2.18. The van der Waals surface area contributed by atoms with Gasteiger partial charge in [0.05, 0.1) is 6.17 Å². The number of allylic oxidation sites excluding steroid dienone is 2. The molecule has 1 rings (SSSR count). The second kappa shape index (κ2) is 2.22. The second-order valence-corrected chi connectivity index (χ2v) is 2.50. The van der Waals surface area contributed by atoms with Crippen LogP contribution >= 0.6 is 0 Å². The number of nitrogens with zero attached hydrogens (tertiary/aromatic N) is 2. The van der Waals surface area contributed by atoms with Crippen LogP contribution in [0, 0.1) is 11.3 Å². The summed E-state index contributed by atoms with van der Waals surface area (Å²) in [6.07, 6.45) is 0.259. The zero-order valence-electron chi connectivity index (χ0n) is 6.47. The summed E-state index contributed by atoms with van der Waals surface area (Å²) >= 11 is 0. The first kappa shape index (κ1) is 6.94. The van der Waals surface area contributed by atoms with Gasteiger partial charge in [-0.25, -0.2) is 0 Å². The van der Waals surface area contributed by atoms with E-state index in [0.29, 0.717) is 5.70 Å². The summed E-state index contributed by atoms with van der Waals surface area (Å²) < 4.78 is 0. The molecule has 1 heterocycles. The molecule has 0 saturated heterocycles. The third-order valence-corrected chi connectivity index (χ3v) is 1.94. The maximum absolute atomic E-state index is 8.57. The maximum atomic E-state index is 8.57.